The molecule has 1 heterocycles. The zero-order valence-corrected chi connectivity index (χ0v) is 20.7. The molecular weight excluding hydrogens is 484 g/mol. The number of benzene rings is 2. The molecule has 0 bridgehead atoms. The van der Waals surface area contributed by atoms with E-state index in [9.17, 15) is 34.8 Å². The second-order valence-corrected chi connectivity index (χ2v) is 9.48. The van der Waals surface area contributed by atoms with Crippen molar-refractivity contribution in [2.75, 3.05) is 0 Å². The molecule has 0 aromatic heterocycles. The van der Waals surface area contributed by atoms with E-state index in [4.69, 9.17) is 14.2 Å². The van der Waals surface area contributed by atoms with Crippen molar-refractivity contribution in [2.24, 2.45) is 0 Å². The van der Waals surface area contributed by atoms with Gasteiger partial charge in [0.05, 0.1) is 11.1 Å². The van der Waals surface area contributed by atoms with E-state index in [2.05, 4.69) is 0 Å². The summed E-state index contributed by atoms with van der Waals surface area (Å²) < 4.78 is 16.4. The van der Waals surface area contributed by atoms with Crippen molar-refractivity contribution < 1.29 is 49.0 Å². The van der Waals surface area contributed by atoms with Gasteiger partial charge in [0.1, 0.15) is 23.7 Å². The number of aliphatic hydroxyl groups excluding tert-OH is 2. The van der Waals surface area contributed by atoms with E-state index in [1.54, 1.807) is 32.9 Å². The topological polar surface area (TPSA) is 160 Å². The Kier molecular flexibility index (Phi) is 7.09. The lowest BCUT2D eigenvalue weighted by Crippen LogP contribution is -2.61. The van der Waals surface area contributed by atoms with Gasteiger partial charge in [-0.25, -0.2) is 4.79 Å². The molecule has 1 aliphatic carbocycles. The molecule has 0 saturated carbocycles. The van der Waals surface area contributed by atoms with Gasteiger partial charge in [-0.15, -0.1) is 0 Å². The van der Waals surface area contributed by atoms with Gasteiger partial charge < -0.3 is 34.6 Å². The van der Waals surface area contributed by atoms with Gasteiger partial charge in [-0.1, -0.05) is 23.8 Å². The fourth-order valence-corrected chi connectivity index (χ4v) is 4.94. The number of hydrogen-bond acceptors (Lipinski definition) is 10. The van der Waals surface area contributed by atoms with Crippen molar-refractivity contribution in [1.82, 2.24) is 0 Å². The van der Waals surface area contributed by atoms with Gasteiger partial charge >= 0.3 is 11.9 Å². The van der Waals surface area contributed by atoms with Crippen LogP contribution in [0.5, 0.6) is 11.5 Å². The third-order valence-corrected chi connectivity index (χ3v) is 6.34. The summed E-state index contributed by atoms with van der Waals surface area (Å²) in [4.78, 5) is 37.5. The molecule has 10 nitrogen and oxygen atoms in total. The van der Waals surface area contributed by atoms with Crippen LogP contribution in [0.2, 0.25) is 0 Å². The van der Waals surface area contributed by atoms with Crippen LogP contribution in [0, 0.1) is 6.92 Å². The number of carbonyl (C=O) groups is 3. The van der Waals surface area contributed by atoms with Crippen LogP contribution in [-0.4, -0.2) is 68.9 Å². The molecule has 2 aliphatic rings. The highest BCUT2D eigenvalue weighted by Crippen LogP contribution is 2.47. The van der Waals surface area contributed by atoms with Crippen LogP contribution in [0.1, 0.15) is 59.3 Å². The fourth-order valence-electron chi connectivity index (χ4n) is 4.94. The standard InChI is InChI=1S/C27H28O10/c1-11(2)8-18(31)36-26-23(33)25(37-27(24(26)34)35-13(4)28)19-14-6-5-7-16(29)20(14)22(32)21-15(19)9-12(3)10-17(21)30/h5-10,19,23-27,29-30,33-34H,1-4H3/t19-,23+,24-,25+,26-,27-/m1/s1. The van der Waals surface area contributed by atoms with Crippen LogP contribution in [0.4, 0.5) is 0 Å². The van der Waals surface area contributed by atoms with Gasteiger partial charge in [0.25, 0.3) is 0 Å². The highest BCUT2D eigenvalue weighted by molar-refractivity contribution is 6.16. The summed E-state index contributed by atoms with van der Waals surface area (Å²) in [6, 6.07) is 7.42. The molecule has 2 aromatic rings. The summed E-state index contributed by atoms with van der Waals surface area (Å²) >= 11 is 0. The Bertz CT molecular complexity index is 1290. The number of phenols is 2. The summed E-state index contributed by atoms with van der Waals surface area (Å²) in [5.74, 6) is -3.91. The second-order valence-electron chi connectivity index (χ2n) is 9.48. The van der Waals surface area contributed by atoms with Crippen LogP contribution in [-0.2, 0) is 23.8 Å². The minimum Gasteiger partial charge on any atom is -0.507 e. The number of ketones is 1. The lowest BCUT2D eigenvalue weighted by Gasteiger charge is -2.45. The Balaban J connectivity index is 1.89. The van der Waals surface area contributed by atoms with E-state index >= 15 is 0 Å². The van der Waals surface area contributed by atoms with E-state index < -0.39 is 54.3 Å². The maximum absolute atomic E-state index is 13.3. The van der Waals surface area contributed by atoms with Crippen molar-refractivity contribution in [3.05, 3.63) is 69.8 Å². The molecule has 0 unspecified atom stereocenters. The van der Waals surface area contributed by atoms with E-state index in [0.717, 1.165) is 6.92 Å². The lowest BCUT2D eigenvalue weighted by molar-refractivity contribution is -0.291. The first-order chi connectivity index (χ1) is 17.4. The highest BCUT2D eigenvalue weighted by atomic mass is 16.7. The molecule has 10 heteroatoms. The minimum absolute atomic E-state index is 0.0892. The molecule has 0 spiro atoms. The van der Waals surface area contributed by atoms with Crippen molar-refractivity contribution in [2.45, 2.75) is 64.3 Å². The van der Waals surface area contributed by atoms with Crippen LogP contribution in [0.15, 0.2) is 42.0 Å². The van der Waals surface area contributed by atoms with Gasteiger partial charge in [0, 0.05) is 18.9 Å². The number of aliphatic hydroxyl groups is 2. The SMILES string of the molecule is CC(=O)O[C@@H]1O[C@@H]([C@@H]2c3cccc(O)c3C(=O)c3c(O)cc(C)cc32)[C@H](O)[C@@H](OC(=O)C=C(C)C)[C@H]1O. The summed E-state index contributed by atoms with van der Waals surface area (Å²) in [5.41, 5.74) is 1.60. The Labute approximate surface area is 212 Å². The van der Waals surface area contributed by atoms with Gasteiger partial charge in [0.2, 0.25) is 12.1 Å². The zero-order chi connectivity index (χ0) is 27.2. The molecule has 6 atom stereocenters. The Morgan fingerprint density at radius 1 is 0.946 bits per heavy atom. The maximum atomic E-state index is 13.3. The van der Waals surface area contributed by atoms with Crippen LogP contribution in [0.3, 0.4) is 0 Å². The van der Waals surface area contributed by atoms with Gasteiger partial charge in [-0.2, -0.15) is 0 Å². The number of phenolic OH excluding ortho intramolecular Hbond substituents is 2. The van der Waals surface area contributed by atoms with Gasteiger partial charge in [-0.05, 0) is 49.6 Å². The number of aryl methyl sites for hydroxylation is 1. The first-order valence-electron chi connectivity index (χ1n) is 11.6. The minimum atomic E-state index is -1.73. The third kappa shape index (κ3) is 4.83. The molecular formula is C27H28O10. The monoisotopic (exact) mass is 512 g/mol. The fraction of sp³-hybridized carbons (Fsp3) is 0.370. The number of esters is 2. The predicted molar refractivity (Wildman–Crippen MR) is 128 cm³/mol. The molecule has 4 rings (SSSR count). The number of allylic oxidation sites excluding steroid dienone is 1. The van der Waals surface area contributed by atoms with Crippen molar-refractivity contribution in [3.8, 4) is 11.5 Å². The highest BCUT2D eigenvalue weighted by Gasteiger charge is 2.53. The quantitative estimate of drug-likeness (QED) is 0.352. The zero-order valence-electron chi connectivity index (χ0n) is 20.7. The second kappa shape index (κ2) is 9.97. The normalized spacial score (nSPS) is 26.5. The molecule has 0 amide bonds. The molecule has 2 aromatic carbocycles. The first-order valence-corrected chi connectivity index (χ1v) is 11.6. The largest absolute Gasteiger partial charge is 0.507 e. The van der Waals surface area contributed by atoms with E-state index in [1.165, 1.54) is 24.3 Å². The number of hydrogen-bond donors (Lipinski definition) is 4. The maximum Gasteiger partial charge on any atom is 0.331 e. The first kappa shape index (κ1) is 26.3. The number of rotatable bonds is 4. The predicted octanol–water partition coefficient (Wildman–Crippen LogP) is 1.97. The average Bonchev–Trinajstić information content (AvgIpc) is 2.78. The summed E-state index contributed by atoms with van der Waals surface area (Å²) in [7, 11) is 0. The van der Waals surface area contributed by atoms with Crippen LogP contribution in [0.25, 0.3) is 0 Å². The summed E-state index contributed by atoms with van der Waals surface area (Å²) in [5, 5.41) is 43.4. The smallest absolute Gasteiger partial charge is 0.331 e. The molecule has 1 fully saturated rings. The third-order valence-electron chi connectivity index (χ3n) is 6.34. The summed E-state index contributed by atoms with van der Waals surface area (Å²) in [6.45, 7) is 6.13. The molecule has 196 valence electrons. The van der Waals surface area contributed by atoms with E-state index in [0.29, 0.717) is 11.1 Å². The molecule has 0 radical (unpaired) electrons. The van der Waals surface area contributed by atoms with Gasteiger partial charge in [-0.3, -0.25) is 9.59 Å². The van der Waals surface area contributed by atoms with E-state index in [-0.39, 0.29) is 33.8 Å². The Hall–Kier alpha value is -3.73. The number of carbonyl (C=O) groups excluding carboxylic acids is 3. The molecule has 1 saturated heterocycles. The molecule has 1 aliphatic heterocycles. The van der Waals surface area contributed by atoms with Crippen LogP contribution >= 0.6 is 0 Å². The van der Waals surface area contributed by atoms with Crippen molar-refractivity contribution in [3.63, 3.8) is 0 Å². The number of aromatic hydroxyl groups is 2. The Morgan fingerprint density at radius 3 is 2.27 bits per heavy atom. The lowest BCUT2D eigenvalue weighted by atomic mass is 9.71. The number of ether oxygens (including phenoxy) is 3. The Morgan fingerprint density at radius 2 is 1.62 bits per heavy atom. The number of fused-ring (bicyclic) bond motifs is 2. The summed E-state index contributed by atoms with van der Waals surface area (Å²) in [6.07, 6.45) is -6.77. The van der Waals surface area contributed by atoms with Crippen LogP contribution < -0.4 is 0 Å². The van der Waals surface area contributed by atoms with E-state index in [1.807, 2.05) is 0 Å². The average molecular weight is 513 g/mol. The van der Waals surface area contributed by atoms with Crippen molar-refractivity contribution in [1.29, 1.82) is 0 Å². The molecule has 37 heavy (non-hydrogen) atoms. The van der Waals surface area contributed by atoms with Gasteiger partial charge in [0.15, 0.2) is 12.2 Å². The molecule has 4 N–H and O–H groups in total. The van der Waals surface area contributed by atoms with Crippen molar-refractivity contribution >= 4 is 17.7 Å².